The summed E-state index contributed by atoms with van der Waals surface area (Å²) in [6.07, 6.45) is 0.571. The van der Waals surface area contributed by atoms with Gasteiger partial charge < -0.3 is 15.7 Å². The van der Waals surface area contributed by atoms with Gasteiger partial charge in [0.1, 0.15) is 5.82 Å². The molecule has 0 aliphatic rings. The maximum absolute atomic E-state index is 13.1. The van der Waals surface area contributed by atoms with Crippen LogP contribution >= 0.6 is 0 Å². The molecule has 5 nitrogen and oxygen atoms in total. The van der Waals surface area contributed by atoms with Gasteiger partial charge in [-0.05, 0) is 48.4 Å². The summed E-state index contributed by atoms with van der Waals surface area (Å²) in [5.41, 5.74) is 1.62. The standard InChI is InChI=1S/C18H19FN2O3/c19-15-4-1-3-13(11-15)12-17(23)21-16-7-5-14(6-8-16)18(24)20-9-2-10-22/h1,3-8,11,22H,2,9-10,12H2,(H,20,24)(H,21,23). The average molecular weight is 330 g/mol. The molecular formula is C18H19FN2O3. The molecule has 2 aromatic rings. The monoisotopic (exact) mass is 330 g/mol. The van der Waals surface area contributed by atoms with Crippen molar-refractivity contribution in [1.82, 2.24) is 5.32 Å². The number of rotatable bonds is 7. The highest BCUT2D eigenvalue weighted by molar-refractivity contribution is 5.96. The van der Waals surface area contributed by atoms with E-state index in [9.17, 15) is 14.0 Å². The van der Waals surface area contributed by atoms with Crippen LogP contribution in [0.4, 0.5) is 10.1 Å². The van der Waals surface area contributed by atoms with Gasteiger partial charge in [0, 0.05) is 24.4 Å². The molecule has 0 aliphatic carbocycles. The number of anilines is 1. The Kier molecular flexibility index (Phi) is 6.45. The number of halogens is 1. The number of nitrogens with one attached hydrogen (secondary N) is 2. The molecule has 2 aromatic carbocycles. The van der Waals surface area contributed by atoms with E-state index in [1.54, 1.807) is 36.4 Å². The van der Waals surface area contributed by atoms with Crippen molar-refractivity contribution in [2.75, 3.05) is 18.5 Å². The summed E-state index contributed by atoms with van der Waals surface area (Å²) >= 11 is 0. The lowest BCUT2D eigenvalue weighted by Gasteiger charge is -2.07. The Morgan fingerprint density at radius 2 is 1.83 bits per heavy atom. The molecule has 0 fully saturated rings. The van der Waals surface area contributed by atoms with E-state index in [-0.39, 0.29) is 30.7 Å². The number of hydrogen-bond acceptors (Lipinski definition) is 3. The number of amides is 2. The third-order valence-electron chi connectivity index (χ3n) is 3.31. The summed E-state index contributed by atoms with van der Waals surface area (Å²) in [5.74, 6) is -0.876. The molecule has 0 heterocycles. The van der Waals surface area contributed by atoms with E-state index in [1.165, 1.54) is 12.1 Å². The van der Waals surface area contributed by atoms with Gasteiger partial charge in [0.05, 0.1) is 6.42 Å². The van der Waals surface area contributed by atoms with Crippen molar-refractivity contribution in [2.45, 2.75) is 12.8 Å². The molecule has 0 unspecified atom stereocenters. The van der Waals surface area contributed by atoms with Gasteiger partial charge in [-0.2, -0.15) is 0 Å². The lowest BCUT2D eigenvalue weighted by Crippen LogP contribution is -2.25. The van der Waals surface area contributed by atoms with Crippen LogP contribution in [0.25, 0.3) is 0 Å². The second kappa shape index (κ2) is 8.79. The Hall–Kier alpha value is -2.73. The Balaban J connectivity index is 1.89. The largest absolute Gasteiger partial charge is 0.396 e. The molecule has 0 atom stereocenters. The van der Waals surface area contributed by atoms with E-state index in [0.717, 1.165) is 0 Å². The molecule has 0 radical (unpaired) electrons. The third kappa shape index (κ3) is 5.48. The normalized spacial score (nSPS) is 10.2. The molecule has 0 spiro atoms. The number of benzene rings is 2. The third-order valence-corrected chi connectivity index (χ3v) is 3.31. The van der Waals surface area contributed by atoms with Gasteiger partial charge in [-0.15, -0.1) is 0 Å². The van der Waals surface area contributed by atoms with Gasteiger partial charge in [0.15, 0.2) is 0 Å². The number of aliphatic hydroxyl groups excluding tert-OH is 1. The summed E-state index contributed by atoms with van der Waals surface area (Å²) in [5, 5.41) is 14.1. The summed E-state index contributed by atoms with van der Waals surface area (Å²) in [4.78, 5) is 23.8. The fraction of sp³-hybridized carbons (Fsp3) is 0.222. The summed E-state index contributed by atoms with van der Waals surface area (Å²) in [6, 6.07) is 12.3. The topological polar surface area (TPSA) is 78.4 Å². The first-order chi connectivity index (χ1) is 11.6. The SMILES string of the molecule is O=C(Cc1cccc(F)c1)Nc1ccc(C(=O)NCCCO)cc1. The first kappa shape index (κ1) is 17.6. The lowest BCUT2D eigenvalue weighted by atomic mass is 10.1. The molecule has 2 amide bonds. The van der Waals surface area contributed by atoms with Crippen LogP contribution in [0.15, 0.2) is 48.5 Å². The number of carbonyl (C=O) groups is 2. The highest BCUT2D eigenvalue weighted by Gasteiger charge is 2.07. The Bertz CT molecular complexity index is 702. The van der Waals surface area contributed by atoms with Crippen LogP contribution in [-0.4, -0.2) is 30.1 Å². The van der Waals surface area contributed by atoms with Crippen molar-refractivity contribution < 1.29 is 19.1 Å². The van der Waals surface area contributed by atoms with Crippen molar-refractivity contribution in [3.63, 3.8) is 0 Å². The van der Waals surface area contributed by atoms with Gasteiger partial charge in [-0.1, -0.05) is 12.1 Å². The molecule has 126 valence electrons. The number of carbonyl (C=O) groups excluding carboxylic acids is 2. The van der Waals surface area contributed by atoms with E-state index in [2.05, 4.69) is 10.6 Å². The summed E-state index contributed by atoms with van der Waals surface area (Å²) in [7, 11) is 0. The highest BCUT2D eigenvalue weighted by atomic mass is 19.1. The summed E-state index contributed by atoms with van der Waals surface area (Å²) < 4.78 is 13.1. The minimum Gasteiger partial charge on any atom is -0.396 e. The lowest BCUT2D eigenvalue weighted by molar-refractivity contribution is -0.115. The van der Waals surface area contributed by atoms with Gasteiger partial charge in [0.25, 0.3) is 5.91 Å². The maximum Gasteiger partial charge on any atom is 0.251 e. The van der Waals surface area contributed by atoms with Crippen LogP contribution in [0.2, 0.25) is 0 Å². The Labute approximate surface area is 139 Å². The fourth-order valence-corrected chi connectivity index (χ4v) is 2.13. The molecule has 0 bridgehead atoms. The smallest absolute Gasteiger partial charge is 0.251 e. The van der Waals surface area contributed by atoms with E-state index >= 15 is 0 Å². The van der Waals surface area contributed by atoms with Crippen molar-refractivity contribution in [3.8, 4) is 0 Å². The van der Waals surface area contributed by atoms with E-state index in [1.807, 2.05) is 0 Å². The maximum atomic E-state index is 13.1. The van der Waals surface area contributed by atoms with Crippen molar-refractivity contribution in [2.24, 2.45) is 0 Å². The second-order valence-electron chi connectivity index (χ2n) is 5.27. The second-order valence-corrected chi connectivity index (χ2v) is 5.27. The first-order valence-electron chi connectivity index (χ1n) is 7.62. The van der Waals surface area contributed by atoms with E-state index in [0.29, 0.717) is 29.8 Å². The Morgan fingerprint density at radius 1 is 1.08 bits per heavy atom. The van der Waals surface area contributed by atoms with Gasteiger partial charge >= 0.3 is 0 Å². The predicted molar refractivity (Wildman–Crippen MR) is 89.2 cm³/mol. The van der Waals surface area contributed by atoms with Gasteiger partial charge in [-0.3, -0.25) is 9.59 Å². The zero-order valence-corrected chi connectivity index (χ0v) is 13.1. The Morgan fingerprint density at radius 3 is 2.50 bits per heavy atom. The molecule has 0 aromatic heterocycles. The van der Waals surface area contributed by atoms with E-state index in [4.69, 9.17) is 5.11 Å². The van der Waals surface area contributed by atoms with Crippen LogP contribution in [0.1, 0.15) is 22.3 Å². The van der Waals surface area contributed by atoms with Crippen LogP contribution in [0.5, 0.6) is 0 Å². The zero-order chi connectivity index (χ0) is 17.4. The van der Waals surface area contributed by atoms with Crippen molar-refractivity contribution >= 4 is 17.5 Å². The van der Waals surface area contributed by atoms with Crippen LogP contribution in [0, 0.1) is 5.82 Å². The average Bonchev–Trinajstić information content (AvgIpc) is 2.55. The molecule has 0 saturated carbocycles. The minimum atomic E-state index is -0.378. The van der Waals surface area contributed by atoms with Crippen molar-refractivity contribution in [3.05, 3.63) is 65.5 Å². The first-order valence-corrected chi connectivity index (χ1v) is 7.62. The predicted octanol–water partition coefficient (Wildman–Crippen LogP) is 2.12. The number of hydrogen-bond donors (Lipinski definition) is 3. The molecule has 0 aliphatic heterocycles. The van der Waals surface area contributed by atoms with Gasteiger partial charge in [0.2, 0.25) is 5.91 Å². The fourth-order valence-electron chi connectivity index (χ4n) is 2.13. The molecule has 3 N–H and O–H groups in total. The highest BCUT2D eigenvalue weighted by Crippen LogP contribution is 2.11. The minimum absolute atomic E-state index is 0.0244. The quantitative estimate of drug-likeness (QED) is 0.681. The van der Waals surface area contributed by atoms with Crippen LogP contribution in [0.3, 0.4) is 0 Å². The molecule has 6 heteroatoms. The molecular weight excluding hydrogens is 311 g/mol. The molecule has 0 saturated heterocycles. The van der Waals surface area contributed by atoms with Gasteiger partial charge in [-0.25, -0.2) is 4.39 Å². The molecule has 24 heavy (non-hydrogen) atoms. The number of aliphatic hydroxyl groups is 1. The van der Waals surface area contributed by atoms with Crippen molar-refractivity contribution in [1.29, 1.82) is 0 Å². The van der Waals surface area contributed by atoms with Crippen LogP contribution in [-0.2, 0) is 11.2 Å². The summed E-state index contributed by atoms with van der Waals surface area (Å²) in [6.45, 7) is 0.429. The zero-order valence-electron chi connectivity index (χ0n) is 13.1. The molecule has 2 rings (SSSR count). The van der Waals surface area contributed by atoms with Crippen LogP contribution < -0.4 is 10.6 Å². The van der Waals surface area contributed by atoms with E-state index < -0.39 is 0 Å².